The van der Waals surface area contributed by atoms with E-state index in [2.05, 4.69) is 4.98 Å². The third-order valence-corrected chi connectivity index (χ3v) is 8.72. The molecule has 1 aromatic heterocycles. The Hall–Kier alpha value is -1.74. The summed E-state index contributed by atoms with van der Waals surface area (Å²) in [6.45, 7) is 2.75. The summed E-state index contributed by atoms with van der Waals surface area (Å²) in [5.41, 5.74) is 0.907. The van der Waals surface area contributed by atoms with Gasteiger partial charge < -0.3 is 9.88 Å². The number of amides is 1. The van der Waals surface area contributed by atoms with E-state index in [9.17, 15) is 18.0 Å². The molecule has 8 nitrogen and oxygen atoms in total. The standard InChI is InChI=1S/C21H32N4O4S/c1-2-30(28,29)24-12-10-16-17(14-24)22-20(23-21(16)27)18-9-5-6-11-25(18)19(26)13-15-7-3-4-8-15/h15,18H,2-14H2,1H3,(H,22,23,27)/t18-/m1/s1. The van der Waals surface area contributed by atoms with E-state index in [1.165, 1.54) is 17.1 Å². The number of sulfonamides is 1. The molecule has 0 unspecified atom stereocenters. The van der Waals surface area contributed by atoms with Gasteiger partial charge in [0.05, 0.1) is 24.0 Å². The van der Waals surface area contributed by atoms with Gasteiger partial charge in [-0.25, -0.2) is 13.4 Å². The van der Waals surface area contributed by atoms with Gasteiger partial charge in [0, 0.05) is 25.1 Å². The van der Waals surface area contributed by atoms with Crippen molar-refractivity contribution < 1.29 is 13.2 Å². The topological polar surface area (TPSA) is 103 Å². The maximum absolute atomic E-state index is 13.1. The fraction of sp³-hybridized carbons (Fsp3) is 0.762. The number of fused-ring (bicyclic) bond motifs is 1. The number of likely N-dealkylation sites (tertiary alicyclic amines) is 1. The summed E-state index contributed by atoms with van der Waals surface area (Å²) in [7, 11) is -3.34. The van der Waals surface area contributed by atoms with Crippen LogP contribution in [0, 0.1) is 5.92 Å². The van der Waals surface area contributed by atoms with E-state index >= 15 is 0 Å². The summed E-state index contributed by atoms with van der Waals surface area (Å²) in [4.78, 5) is 35.3. The zero-order valence-electron chi connectivity index (χ0n) is 17.7. The van der Waals surface area contributed by atoms with Gasteiger partial charge >= 0.3 is 0 Å². The van der Waals surface area contributed by atoms with Gasteiger partial charge in [0.25, 0.3) is 5.56 Å². The molecule has 1 aromatic rings. The Labute approximate surface area is 178 Å². The van der Waals surface area contributed by atoms with Crippen molar-refractivity contribution in [3.63, 3.8) is 0 Å². The number of carbonyl (C=O) groups excluding carboxylic acids is 1. The predicted molar refractivity (Wildman–Crippen MR) is 113 cm³/mol. The number of carbonyl (C=O) groups is 1. The van der Waals surface area contributed by atoms with Gasteiger partial charge in [0.15, 0.2) is 0 Å². The molecule has 1 atom stereocenters. The molecule has 0 aromatic carbocycles. The molecule has 2 fully saturated rings. The highest BCUT2D eigenvalue weighted by Crippen LogP contribution is 2.33. The van der Waals surface area contributed by atoms with E-state index < -0.39 is 10.0 Å². The fourth-order valence-electron chi connectivity index (χ4n) is 5.11. The van der Waals surface area contributed by atoms with Crippen molar-refractivity contribution in [2.24, 2.45) is 5.92 Å². The maximum Gasteiger partial charge on any atom is 0.254 e. The van der Waals surface area contributed by atoms with E-state index in [1.807, 2.05) is 4.90 Å². The van der Waals surface area contributed by atoms with Crippen LogP contribution in [0.2, 0.25) is 0 Å². The van der Waals surface area contributed by atoms with Gasteiger partial charge in [-0.1, -0.05) is 12.8 Å². The Balaban J connectivity index is 1.59. The average Bonchev–Trinajstić information content (AvgIpc) is 3.26. The van der Waals surface area contributed by atoms with Gasteiger partial charge in [-0.15, -0.1) is 0 Å². The second kappa shape index (κ2) is 8.78. The van der Waals surface area contributed by atoms with Crippen LogP contribution in [0.1, 0.15) is 81.4 Å². The van der Waals surface area contributed by atoms with Gasteiger partial charge in [-0.05, 0) is 51.4 Å². The Bertz CT molecular complexity index is 952. The minimum atomic E-state index is -3.34. The highest BCUT2D eigenvalue weighted by Gasteiger charge is 2.34. The molecule has 2 aliphatic heterocycles. The van der Waals surface area contributed by atoms with E-state index in [0.29, 0.717) is 48.9 Å². The lowest BCUT2D eigenvalue weighted by Crippen LogP contribution is -2.43. The van der Waals surface area contributed by atoms with Gasteiger partial charge in [-0.3, -0.25) is 9.59 Å². The van der Waals surface area contributed by atoms with Crippen molar-refractivity contribution in [1.82, 2.24) is 19.2 Å². The normalized spacial score (nSPS) is 23.5. The molecule has 9 heteroatoms. The number of nitrogens with zero attached hydrogens (tertiary/aromatic N) is 3. The molecule has 1 saturated carbocycles. The van der Waals surface area contributed by atoms with Crippen molar-refractivity contribution in [2.45, 2.75) is 77.3 Å². The zero-order chi connectivity index (χ0) is 21.3. The lowest BCUT2D eigenvalue weighted by atomic mass is 9.97. The number of hydrogen-bond donors (Lipinski definition) is 1. The zero-order valence-corrected chi connectivity index (χ0v) is 18.5. The first-order valence-electron chi connectivity index (χ1n) is 11.3. The number of rotatable bonds is 5. The molecule has 4 rings (SSSR count). The average molecular weight is 437 g/mol. The van der Waals surface area contributed by atoms with Crippen molar-refractivity contribution in [1.29, 1.82) is 0 Å². The first kappa shape index (κ1) is 21.5. The summed E-state index contributed by atoms with van der Waals surface area (Å²) in [5.74, 6) is 1.17. The Morgan fingerprint density at radius 2 is 1.87 bits per heavy atom. The van der Waals surface area contributed by atoms with Crippen molar-refractivity contribution in [3.8, 4) is 0 Å². The van der Waals surface area contributed by atoms with E-state index in [-0.39, 0.29) is 29.8 Å². The van der Waals surface area contributed by atoms with Crippen molar-refractivity contribution in [2.75, 3.05) is 18.8 Å². The molecule has 1 saturated heterocycles. The SMILES string of the molecule is CCS(=O)(=O)N1CCc2c(nc([C@H]3CCCCN3C(=O)CC3CCCC3)[nH]c2=O)C1. The molecule has 1 amide bonds. The van der Waals surface area contributed by atoms with Crippen LogP contribution in [0.3, 0.4) is 0 Å². The first-order chi connectivity index (χ1) is 14.4. The summed E-state index contributed by atoms with van der Waals surface area (Å²) >= 11 is 0. The lowest BCUT2D eigenvalue weighted by Gasteiger charge is -2.36. The molecule has 0 spiro atoms. The minimum Gasteiger partial charge on any atom is -0.333 e. The predicted octanol–water partition coefficient (Wildman–Crippen LogP) is 2.11. The molecule has 0 bridgehead atoms. The molecule has 1 aliphatic carbocycles. The molecule has 3 heterocycles. The Kier molecular flexibility index (Phi) is 6.29. The minimum absolute atomic E-state index is 0.0322. The highest BCUT2D eigenvalue weighted by molar-refractivity contribution is 7.89. The van der Waals surface area contributed by atoms with Crippen LogP contribution in [0.5, 0.6) is 0 Å². The van der Waals surface area contributed by atoms with Crippen molar-refractivity contribution in [3.05, 3.63) is 27.4 Å². The van der Waals surface area contributed by atoms with Crippen LogP contribution in [-0.2, 0) is 27.8 Å². The monoisotopic (exact) mass is 436 g/mol. The van der Waals surface area contributed by atoms with Crippen LogP contribution in [0.25, 0.3) is 0 Å². The molecule has 166 valence electrons. The van der Waals surface area contributed by atoms with E-state index in [4.69, 9.17) is 4.98 Å². The fourth-order valence-corrected chi connectivity index (χ4v) is 6.16. The summed E-state index contributed by atoms with van der Waals surface area (Å²) < 4.78 is 26.0. The molecule has 3 aliphatic rings. The number of piperidine rings is 1. The molecular formula is C21H32N4O4S. The highest BCUT2D eigenvalue weighted by atomic mass is 32.2. The second-order valence-corrected chi connectivity index (χ2v) is 11.1. The van der Waals surface area contributed by atoms with Crippen LogP contribution in [-0.4, -0.2) is 52.3 Å². The maximum atomic E-state index is 13.1. The van der Waals surface area contributed by atoms with Crippen LogP contribution in [0.4, 0.5) is 0 Å². The van der Waals surface area contributed by atoms with E-state index in [0.717, 1.165) is 32.1 Å². The summed E-state index contributed by atoms with van der Waals surface area (Å²) in [6.07, 6.45) is 8.32. The lowest BCUT2D eigenvalue weighted by molar-refractivity contribution is -0.136. The Morgan fingerprint density at radius 3 is 2.60 bits per heavy atom. The van der Waals surface area contributed by atoms with Gasteiger partial charge in [0.1, 0.15) is 5.82 Å². The van der Waals surface area contributed by atoms with Gasteiger partial charge in [-0.2, -0.15) is 4.31 Å². The van der Waals surface area contributed by atoms with Crippen molar-refractivity contribution >= 4 is 15.9 Å². The summed E-state index contributed by atoms with van der Waals surface area (Å²) in [6, 6.07) is -0.233. The number of aromatic nitrogens is 2. The quantitative estimate of drug-likeness (QED) is 0.761. The molecule has 0 radical (unpaired) electrons. The third kappa shape index (κ3) is 4.32. The van der Waals surface area contributed by atoms with E-state index in [1.54, 1.807) is 6.92 Å². The number of aromatic amines is 1. The second-order valence-electron chi connectivity index (χ2n) is 8.81. The Morgan fingerprint density at radius 1 is 1.13 bits per heavy atom. The number of nitrogens with one attached hydrogen (secondary N) is 1. The number of hydrogen-bond acceptors (Lipinski definition) is 5. The largest absolute Gasteiger partial charge is 0.333 e. The van der Waals surface area contributed by atoms with Gasteiger partial charge in [0.2, 0.25) is 15.9 Å². The van der Waals surface area contributed by atoms with Crippen LogP contribution in [0.15, 0.2) is 4.79 Å². The van der Waals surface area contributed by atoms with Crippen LogP contribution < -0.4 is 5.56 Å². The smallest absolute Gasteiger partial charge is 0.254 e. The molecule has 1 N–H and O–H groups in total. The summed E-state index contributed by atoms with van der Waals surface area (Å²) in [5, 5.41) is 0. The first-order valence-corrected chi connectivity index (χ1v) is 12.9. The third-order valence-electron chi connectivity index (χ3n) is 6.89. The number of H-pyrrole nitrogens is 1. The van der Waals surface area contributed by atoms with Crippen LogP contribution >= 0.6 is 0 Å². The molecule has 30 heavy (non-hydrogen) atoms. The molecular weight excluding hydrogens is 404 g/mol.